The Morgan fingerprint density at radius 3 is 2.64 bits per heavy atom. The molecular weight excluding hydrogens is 145 g/mol. The van der Waals surface area contributed by atoms with Gasteiger partial charge in [-0.1, -0.05) is 6.07 Å². The van der Waals surface area contributed by atoms with Crippen molar-refractivity contribution in [2.45, 2.75) is 13.0 Å². The minimum Gasteiger partial charge on any atom is -0.396 e. The topological polar surface area (TPSA) is 46.2 Å². The van der Waals surface area contributed by atoms with E-state index in [4.69, 9.17) is 10.8 Å². The van der Waals surface area contributed by atoms with Crippen molar-refractivity contribution in [2.24, 2.45) is 0 Å². The van der Waals surface area contributed by atoms with Crippen molar-refractivity contribution in [3.8, 4) is 0 Å². The summed E-state index contributed by atoms with van der Waals surface area (Å²) < 4.78 is 12.6. The van der Waals surface area contributed by atoms with E-state index < -0.39 is 11.9 Å². The molecule has 0 spiro atoms. The molecule has 0 amide bonds. The first-order valence-corrected chi connectivity index (χ1v) is 3.34. The average Bonchev–Trinajstić information content (AvgIpc) is 1.94. The van der Waals surface area contributed by atoms with E-state index >= 15 is 0 Å². The third-order valence-corrected chi connectivity index (χ3v) is 1.50. The molecule has 0 aliphatic rings. The molecule has 0 bridgehead atoms. The Balaban J connectivity index is 3.05. The number of aliphatic hydroxyl groups is 1. The molecule has 0 saturated carbocycles. The Bertz CT molecular complexity index is 260. The highest BCUT2D eigenvalue weighted by molar-refractivity contribution is 5.42. The molecule has 2 nitrogen and oxygen atoms in total. The van der Waals surface area contributed by atoms with Gasteiger partial charge in [0.15, 0.2) is 0 Å². The van der Waals surface area contributed by atoms with Crippen molar-refractivity contribution in [2.75, 3.05) is 5.73 Å². The van der Waals surface area contributed by atoms with Crippen molar-refractivity contribution in [1.82, 2.24) is 0 Å². The minimum absolute atomic E-state index is 0.0726. The number of hydrogen-bond acceptors (Lipinski definition) is 2. The van der Waals surface area contributed by atoms with Crippen molar-refractivity contribution < 1.29 is 9.50 Å². The van der Waals surface area contributed by atoms with Crippen LogP contribution in [0.1, 0.15) is 18.6 Å². The fourth-order valence-corrected chi connectivity index (χ4v) is 0.822. The quantitative estimate of drug-likeness (QED) is 0.603. The molecule has 3 N–H and O–H groups in total. The highest BCUT2D eigenvalue weighted by Crippen LogP contribution is 2.17. The van der Waals surface area contributed by atoms with Crippen LogP contribution in [-0.2, 0) is 0 Å². The van der Waals surface area contributed by atoms with Gasteiger partial charge in [0.1, 0.15) is 5.82 Å². The lowest BCUT2D eigenvalue weighted by atomic mass is 10.1. The fraction of sp³-hybridized carbons (Fsp3) is 0.250. The SMILES string of the molecule is CC(O)c1ccc(F)c(N)c1. The van der Waals surface area contributed by atoms with E-state index in [0.717, 1.165) is 0 Å². The lowest BCUT2D eigenvalue weighted by molar-refractivity contribution is 0.199. The molecule has 3 heteroatoms. The molecule has 0 aliphatic heterocycles. The molecule has 1 unspecified atom stereocenters. The third-order valence-electron chi connectivity index (χ3n) is 1.50. The second kappa shape index (κ2) is 2.88. The summed E-state index contributed by atoms with van der Waals surface area (Å²) in [5.74, 6) is -0.450. The summed E-state index contributed by atoms with van der Waals surface area (Å²) in [5, 5.41) is 9.06. The molecule has 0 heterocycles. The van der Waals surface area contributed by atoms with Crippen LogP contribution < -0.4 is 5.73 Å². The highest BCUT2D eigenvalue weighted by atomic mass is 19.1. The zero-order valence-electron chi connectivity index (χ0n) is 6.21. The fourth-order valence-electron chi connectivity index (χ4n) is 0.822. The zero-order valence-corrected chi connectivity index (χ0v) is 6.21. The first kappa shape index (κ1) is 8.01. The number of hydrogen-bond donors (Lipinski definition) is 2. The van der Waals surface area contributed by atoms with Gasteiger partial charge in [-0.2, -0.15) is 0 Å². The van der Waals surface area contributed by atoms with Gasteiger partial charge in [0.2, 0.25) is 0 Å². The summed E-state index contributed by atoms with van der Waals surface area (Å²) in [5.41, 5.74) is 5.97. The molecule has 1 aromatic rings. The van der Waals surface area contributed by atoms with Crippen LogP contribution in [0.4, 0.5) is 10.1 Å². The van der Waals surface area contributed by atoms with Gasteiger partial charge >= 0.3 is 0 Å². The summed E-state index contributed by atoms with van der Waals surface area (Å²) in [7, 11) is 0. The smallest absolute Gasteiger partial charge is 0.146 e. The maximum absolute atomic E-state index is 12.6. The number of halogens is 1. The molecular formula is C8H10FNO. The van der Waals surface area contributed by atoms with E-state index in [2.05, 4.69) is 0 Å². The summed E-state index contributed by atoms with van der Waals surface area (Å²) in [6.07, 6.45) is -0.599. The van der Waals surface area contributed by atoms with Crippen LogP contribution in [-0.4, -0.2) is 5.11 Å². The Morgan fingerprint density at radius 1 is 1.55 bits per heavy atom. The molecule has 1 rings (SSSR count). The van der Waals surface area contributed by atoms with Gasteiger partial charge in [-0.15, -0.1) is 0 Å². The number of benzene rings is 1. The lowest BCUT2D eigenvalue weighted by Crippen LogP contribution is -1.95. The van der Waals surface area contributed by atoms with E-state index in [-0.39, 0.29) is 5.69 Å². The molecule has 0 saturated heterocycles. The predicted molar refractivity (Wildman–Crippen MR) is 41.4 cm³/mol. The average molecular weight is 155 g/mol. The van der Waals surface area contributed by atoms with E-state index in [9.17, 15) is 4.39 Å². The molecule has 0 aliphatic carbocycles. The first-order chi connectivity index (χ1) is 5.11. The van der Waals surface area contributed by atoms with Crippen LogP contribution in [0.2, 0.25) is 0 Å². The third kappa shape index (κ3) is 1.68. The van der Waals surface area contributed by atoms with Crippen LogP contribution >= 0.6 is 0 Å². The second-order valence-electron chi connectivity index (χ2n) is 2.46. The Morgan fingerprint density at radius 2 is 2.18 bits per heavy atom. The molecule has 0 radical (unpaired) electrons. The summed E-state index contributed by atoms with van der Waals surface area (Å²) >= 11 is 0. The van der Waals surface area contributed by atoms with Gasteiger partial charge in [-0.3, -0.25) is 0 Å². The van der Waals surface area contributed by atoms with Gasteiger partial charge in [0, 0.05) is 0 Å². The molecule has 11 heavy (non-hydrogen) atoms. The molecule has 0 fully saturated rings. The van der Waals surface area contributed by atoms with Crippen molar-refractivity contribution in [1.29, 1.82) is 0 Å². The van der Waals surface area contributed by atoms with Gasteiger partial charge in [-0.25, -0.2) is 4.39 Å². The normalized spacial score (nSPS) is 13.0. The van der Waals surface area contributed by atoms with E-state index in [1.54, 1.807) is 6.92 Å². The van der Waals surface area contributed by atoms with E-state index in [1.807, 2.05) is 0 Å². The minimum atomic E-state index is -0.599. The number of anilines is 1. The Labute approximate surface area is 64.5 Å². The lowest BCUT2D eigenvalue weighted by Gasteiger charge is -2.04. The number of rotatable bonds is 1. The van der Waals surface area contributed by atoms with Crippen LogP contribution in [0, 0.1) is 5.82 Å². The van der Waals surface area contributed by atoms with Crippen molar-refractivity contribution in [3.05, 3.63) is 29.6 Å². The zero-order chi connectivity index (χ0) is 8.43. The number of nitrogens with two attached hydrogens (primary N) is 1. The maximum Gasteiger partial charge on any atom is 0.146 e. The van der Waals surface area contributed by atoms with Gasteiger partial charge in [-0.05, 0) is 24.6 Å². The largest absolute Gasteiger partial charge is 0.396 e. The van der Waals surface area contributed by atoms with Crippen LogP contribution in [0.5, 0.6) is 0 Å². The van der Waals surface area contributed by atoms with Crippen molar-refractivity contribution >= 4 is 5.69 Å². The van der Waals surface area contributed by atoms with Crippen LogP contribution in [0.15, 0.2) is 18.2 Å². The molecule has 1 atom stereocenters. The van der Waals surface area contributed by atoms with Crippen LogP contribution in [0.25, 0.3) is 0 Å². The van der Waals surface area contributed by atoms with Gasteiger partial charge < -0.3 is 10.8 Å². The summed E-state index contributed by atoms with van der Waals surface area (Å²) in [6.45, 7) is 1.60. The summed E-state index contributed by atoms with van der Waals surface area (Å²) in [4.78, 5) is 0. The first-order valence-electron chi connectivity index (χ1n) is 3.34. The standard InChI is InChI=1S/C8H10FNO/c1-5(11)6-2-3-7(9)8(10)4-6/h2-5,11H,10H2,1H3. The number of aliphatic hydroxyl groups excluding tert-OH is 1. The predicted octanol–water partition coefficient (Wildman–Crippen LogP) is 1.46. The monoisotopic (exact) mass is 155 g/mol. The summed E-state index contributed by atoms with van der Waals surface area (Å²) in [6, 6.07) is 4.19. The molecule has 60 valence electrons. The Hall–Kier alpha value is -1.09. The van der Waals surface area contributed by atoms with E-state index in [1.165, 1.54) is 18.2 Å². The van der Waals surface area contributed by atoms with Crippen LogP contribution in [0.3, 0.4) is 0 Å². The van der Waals surface area contributed by atoms with E-state index in [0.29, 0.717) is 5.56 Å². The molecule has 1 aromatic carbocycles. The van der Waals surface area contributed by atoms with Gasteiger partial charge in [0.25, 0.3) is 0 Å². The van der Waals surface area contributed by atoms with Gasteiger partial charge in [0.05, 0.1) is 11.8 Å². The Kier molecular flexibility index (Phi) is 2.10. The highest BCUT2D eigenvalue weighted by Gasteiger charge is 2.03. The second-order valence-corrected chi connectivity index (χ2v) is 2.46. The molecule has 0 aromatic heterocycles. The number of nitrogen functional groups attached to an aromatic ring is 1. The maximum atomic E-state index is 12.6. The van der Waals surface area contributed by atoms with Crippen molar-refractivity contribution in [3.63, 3.8) is 0 Å².